The zero-order chi connectivity index (χ0) is 25.9. The number of aryl methyl sites for hydroxylation is 1. The molecular weight excluding hydrogens is 504 g/mol. The summed E-state index contributed by atoms with van der Waals surface area (Å²) in [7, 11) is -7.49. The first-order valence-corrected chi connectivity index (χ1v) is 14.8. The van der Waals surface area contributed by atoms with Crippen molar-refractivity contribution in [3.63, 3.8) is 0 Å². The molecule has 2 N–H and O–H groups in total. The fourth-order valence-electron chi connectivity index (χ4n) is 4.42. The number of sulfonamides is 2. The lowest BCUT2D eigenvalue weighted by molar-refractivity contribution is -0.133. The molecule has 0 bridgehead atoms. The number of fused-ring (bicyclic) bond motifs is 1. The van der Waals surface area contributed by atoms with E-state index in [1.807, 2.05) is 0 Å². The number of nitrogens with zero attached hydrogens (tertiary/aromatic N) is 4. The average Bonchev–Trinajstić information content (AvgIpc) is 3.42. The predicted octanol–water partition coefficient (Wildman–Crippen LogP) is 1.07. The Labute approximate surface area is 210 Å². The molecule has 1 aromatic carbocycles. The van der Waals surface area contributed by atoms with Crippen LogP contribution < -0.4 is 4.72 Å². The van der Waals surface area contributed by atoms with Crippen molar-refractivity contribution < 1.29 is 21.6 Å². The first kappa shape index (κ1) is 25.9. The molecule has 0 radical (unpaired) electrons. The van der Waals surface area contributed by atoms with Gasteiger partial charge >= 0.3 is 0 Å². The van der Waals surface area contributed by atoms with Crippen LogP contribution in [0.1, 0.15) is 18.5 Å². The Bertz CT molecular complexity index is 1500. The molecule has 4 rings (SSSR count). The van der Waals surface area contributed by atoms with E-state index in [0.717, 1.165) is 6.26 Å². The fraction of sp³-hybridized carbons (Fsp3) is 0.391. The van der Waals surface area contributed by atoms with Crippen LogP contribution in [0, 0.1) is 11.3 Å². The van der Waals surface area contributed by atoms with Gasteiger partial charge in [0.05, 0.1) is 11.2 Å². The Hall–Kier alpha value is -3.18. The molecule has 1 aliphatic rings. The van der Waals surface area contributed by atoms with E-state index in [-0.39, 0.29) is 31.0 Å². The van der Waals surface area contributed by atoms with E-state index in [2.05, 4.69) is 15.8 Å². The van der Waals surface area contributed by atoms with Crippen molar-refractivity contribution in [3.05, 3.63) is 54.5 Å². The predicted molar refractivity (Wildman–Crippen MR) is 134 cm³/mol. The zero-order valence-corrected chi connectivity index (χ0v) is 21.4. The molecule has 3 heterocycles. The summed E-state index contributed by atoms with van der Waals surface area (Å²) in [5.74, 6) is -0.430. The maximum Gasteiger partial charge on any atom is 0.241 e. The van der Waals surface area contributed by atoms with E-state index in [9.17, 15) is 26.9 Å². The SMILES string of the molecule is CS(=O)(=O)N1CCCN(C(=O)C(CCn2cccc2C#N)NS(=O)(=O)c2cccc3[nH]ccc23)CC1. The number of amides is 1. The zero-order valence-electron chi connectivity index (χ0n) is 19.8. The van der Waals surface area contributed by atoms with E-state index in [0.29, 0.717) is 36.1 Å². The third-order valence-corrected chi connectivity index (χ3v) is 9.11. The molecule has 0 spiro atoms. The van der Waals surface area contributed by atoms with Crippen molar-refractivity contribution in [3.8, 4) is 6.07 Å². The lowest BCUT2D eigenvalue weighted by Crippen LogP contribution is -2.50. The Morgan fingerprint density at radius 1 is 1.11 bits per heavy atom. The van der Waals surface area contributed by atoms with Gasteiger partial charge in [0.1, 0.15) is 17.8 Å². The second kappa shape index (κ2) is 10.4. The van der Waals surface area contributed by atoms with Crippen LogP contribution in [-0.4, -0.2) is 80.0 Å². The third-order valence-electron chi connectivity index (χ3n) is 6.28. The van der Waals surface area contributed by atoms with Gasteiger partial charge in [-0.2, -0.15) is 9.98 Å². The lowest BCUT2D eigenvalue weighted by Gasteiger charge is -2.27. The Morgan fingerprint density at radius 2 is 1.92 bits per heavy atom. The number of rotatable bonds is 8. The lowest BCUT2D eigenvalue weighted by atomic mass is 10.2. The highest BCUT2D eigenvalue weighted by molar-refractivity contribution is 7.89. The maximum absolute atomic E-state index is 13.6. The molecular formula is C23H28N6O5S2. The molecule has 3 aromatic rings. The molecule has 2 aromatic heterocycles. The Balaban J connectivity index is 1.60. The highest BCUT2D eigenvalue weighted by atomic mass is 32.2. The molecule has 1 aliphatic heterocycles. The van der Waals surface area contributed by atoms with Crippen LogP contribution >= 0.6 is 0 Å². The van der Waals surface area contributed by atoms with Crippen LogP contribution in [0.5, 0.6) is 0 Å². The number of aromatic nitrogens is 2. The van der Waals surface area contributed by atoms with Gasteiger partial charge in [-0.15, -0.1) is 0 Å². The van der Waals surface area contributed by atoms with Crippen LogP contribution in [0.15, 0.2) is 53.7 Å². The largest absolute Gasteiger partial charge is 0.361 e. The van der Waals surface area contributed by atoms with Crippen LogP contribution in [0.2, 0.25) is 0 Å². The summed E-state index contributed by atoms with van der Waals surface area (Å²) in [5.41, 5.74) is 1.06. The van der Waals surface area contributed by atoms with E-state index in [1.54, 1.807) is 47.3 Å². The van der Waals surface area contributed by atoms with Crippen molar-refractivity contribution in [2.45, 2.75) is 30.3 Å². The number of aromatic amines is 1. The van der Waals surface area contributed by atoms with E-state index in [1.165, 1.54) is 15.3 Å². The van der Waals surface area contributed by atoms with Crippen molar-refractivity contribution in [2.75, 3.05) is 32.4 Å². The summed E-state index contributed by atoms with van der Waals surface area (Å²) in [6.45, 7) is 1.15. The maximum atomic E-state index is 13.6. The summed E-state index contributed by atoms with van der Waals surface area (Å²) in [6, 6.07) is 10.8. The minimum absolute atomic E-state index is 0.0526. The van der Waals surface area contributed by atoms with Gasteiger partial charge in [0.15, 0.2) is 0 Å². The topological polar surface area (TPSA) is 148 Å². The third kappa shape index (κ3) is 5.62. The Morgan fingerprint density at radius 3 is 2.67 bits per heavy atom. The normalized spacial score (nSPS) is 16.5. The summed E-state index contributed by atoms with van der Waals surface area (Å²) < 4.78 is 56.4. The van der Waals surface area contributed by atoms with Gasteiger partial charge in [-0.05, 0) is 43.2 Å². The quantitative estimate of drug-likeness (QED) is 0.443. The van der Waals surface area contributed by atoms with Gasteiger partial charge in [-0.1, -0.05) is 6.07 Å². The van der Waals surface area contributed by atoms with Gasteiger partial charge in [0.2, 0.25) is 26.0 Å². The molecule has 192 valence electrons. The molecule has 1 atom stereocenters. The number of nitriles is 1. The van der Waals surface area contributed by atoms with Crippen LogP contribution in [0.3, 0.4) is 0 Å². The van der Waals surface area contributed by atoms with Crippen LogP contribution in [-0.2, 0) is 31.4 Å². The van der Waals surface area contributed by atoms with E-state index < -0.39 is 32.0 Å². The van der Waals surface area contributed by atoms with Crippen molar-refractivity contribution >= 4 is 36.9 Å². The van der Waals surface area contributed by atoms with Gasteiger partial charge in [0.25, 0.3) is 0 Å². The van der Waals surface area contributed by atoms with Gasteiger partial charge in [-0.25, -0.2) is 21.1 Å². The summed E-state index contributed by atoms with van der Waals surface area (Å²) in [4.78, 5) is 18.1. The van der Waals surface area contributed by atoms with Gasteiger partial charge < -0.3 is 14.5 Å². The summed E-state index contributed by atoms with van der Waals surface area (Å²) >= 11 is 0. The first-order valence-electron chi connectivity index (χ1n) is 11.5. The average molecular weight is 533 g/mol. The Kier molecular flexibility index (Phi) is 7.51. The smallest absolute Gasteiger partial charge is 0.241 e. The number of benzene rings is 1. The van der Waals surface area contributed by atoms with E-state index in [4.69, 9.17) is 0 Å². The number of H-pyrrole nitrogens is 1. The molecule has 1 unspecified atom stereocenters. The number of hydrogen-bond donors (Lipinski definition) is 2. The van der Waals surface area contributed by atoms with Gasteiger partial charge in [0, 0.05) is 56.0 Å². The number of carbonyl (C=O) groups excluding carboxylic acids is 1. The van der Waals surface area contributed by atoms with Crippen LogP contribution in [0.4, 0.5) is 0 Å². The molecule has 0 saturated carbocycles. The first-order chi connectivity index (χ1) is 17.1. The standard InChI is InChI=1S/C23H28N6O5S2/c1-35(31,32)29-13-4-12-28(15-16-29)23(30)21(9-14-27-11-3-5-18(27)17-24)26-36(33,34)22-7-2-6-20-19(22)8-10-25-20/h2-3,5-8,10-11,21,25-26H,4,9,12-16H2,1H3. The van der Waals surface area contributed by atoms with Crippen molar-refractivity contribution in [2.24, 2.45) is 0 Å². The molecule has 1 amide bonds. The minimum atomic E-state index is -4.09. The van der Waals surface area contributed by atoms with Crippen LogP contribution in [0.25, 0.3) is 10.9 Å². The molecule has 36 heavy (non-hydrogen) atoms. The summed E-state index contributed by atoms with van der Waals surface area (Å²) in [6.07, 6.45) is 5.03. The monoisotopic (exact) mass is 532 g/mol. The second-order valence-electron chi connectivity index (χ2n) is 8.70. The molecule has 13 heteroatoms. The number of carbonyl (C=O) groups is 1. The highest BCUT2D eigenvalue weighted by Crippen LogP contribution is 2.23. The second-order valence-corrected chi connectivity index (χ2v) is 12.4. The summed E-state index contributed by atoms with van der Waals surface area (Å²) in [5, 5.41) is 9.81. The fourth-order valence-corrected chi connectivity index (χ4v) is 6.74. The highest BCUT2D eigenvalue weighted by Gasteiger charge is 2.32. The number of hydrogen-bond acceptors (Lipinski definition) is 6. The molecule has 1 fully saturated rings. The van der Waals surface area contributed by atoms with E-state index >= 15 is 0 Å². The molecule has 11 nitrogen and oxygen atoms in total. The van der Waals surface area contributed by atoms with Crippen molar-refractivity contribution in [1.82, 2.24) is 23.5 Å². The number of nitrogens with one attached hydrogen (secondary N) is 2. The van der Waals surface area contributed by atoms with Gasteiger partial charge in [-0.3, -0.25) is 4.79 Å². The van der Waals surface area contributed by atoms with Crippen molar-refractivity contribution in [1.29, 1.82) is 5.26 Å². The molecule has 1 saturated heterocycles. The minimum Gasteiger partial charge on any atom is -0.361 e. The molecule has 0 aliphatic carbocycles.